The monoisotopic (exact) mass is 495 g/mol. The average Bonchev–Trinajstić information content (AvgIpc) is 2.81. The summed E-state index contributed by atoms with van der Waals surface area (Å²) in [6, 6.07) is 13.4. The maximum absolute atomic E-state index is 14.0. The SMILES string of the molecule is CCC(C)C(NC(=O)OC(C)(C)C)C(=O)N(CC)C(C(=O)Nc1ccccc1C)c1ccc(C)cc1. The Morgan fingerprint density at radius 3 is 2.11 bits per heavy atom. The molecule has 0 radical (unpaired) electrons. The lowest BCUT2D eigenvalue weighted by Gasteiger charge is -2.35. The number of carbonyl (C=O) groups excluding carboxylic acids is 3. The first kappa shape index (κ1) is 28.9. The Kier molecular flexibility index (Phi) is 10.1. The summed E-state index contributed by atoms with van der Waals surface area (Å²) in [5.74, 6) is -0.816. The molecule has 0 aliphatic rings. The summed E-state index contributed by atoms with van der Waals surface area (Å²) in [5, 5.41) is 5.77. The standard InChI is InChI=1S/C29H41N3O4/c1-9-20(4)24(31-28(35)36-29(6,7)8)27(34)32(10-2)25(22-17-15-19(3)16-18-22)26(33)30-23-14-12-11-13-21(23)5/h11-18,20,24-25H,9-10H2,1-8H3,(H,30,33)(H,31,35). The number of likely N-dealkylation sites (N-methyl/N-ethyl adjacent to an activating group) is 1. The Labute approximate surface area is 215 Å². The third-order valence-corrected chi connectivity index (χ3v) is 6.13. The van der Waals surface area contributed by atoms with Crippen LogP contribution in [0.25, 0.3) is 0 Å². The van der Waals surface area contributed by atoms with E-state index in [2.05, 4.69) is 10.6 Å². The molecule has 36 heavy (non-hydrogen) atoms. The molecule has 2 aromatic rings. The Hall–Kier alpha value is -3.35. The van der Waals surface area contributed by atoms with Gasteiger partial charge in [0.2, 0.25) is 5.91 Å². The number of alkyl carbamates (subject to hydrolysis) is 1. The average molecular weight is 496 g/mol. The van der Waals surface area contributed by atoms with Crippen LogP contribution in [0.15, 0.2) is 48.5 Å². The molecule has 0 saturated carbocycles. The summed E-state index contributed by atoms with van der Waals surface area (Å²) < 4.78 is 5.42. The Morgan fingerprint density at radius 1 is 0.972 bits per heavy atom. The molecule has 0 aliphatic carbocycles. The normalized spacial score (nSPS) is 13.8. The minimum atomic E-state index is -0.880. The molecule has 3 amide bonds. The first-order valence-electron chi connectivity index (χ1n) is 12.6. The second kappa shape index (κ2) is 12.6. The van der Waals surface area contributed by atoms with Gasteiger partial charge >= 0.3 is 6.09 Å². The van der Waals surface area contributed by atoms with Gasteiger partial charge in [-0.2, -0.15) is 0 Å². The van der Waals surface area contributed by atoms with Gasteiger partial charge in [-0.05, 0) is 64.7 Å². The van der Waals surface area contributed by atoms with E-state index in [0.717, 1.165) is 11.1 Å². The van der Waals surface area contributed by atoms with Gasteiger partial charge < -0.3 is 20.3 Å². The molecule has 2 aromatic carbocycles. The van der Waals surface area contributed by atoms with E-state index in [1.54, 1.807) is 20.8 Å². The molecule has 7 heteroatoms. The van der Waals surface area contributed by atoms with Gasteiger partial charge in [-0.1, -0.05) is 68.3 Å². The summed E-state index contributed by atoms with van der Waals surface area (Å²) in [6.45, 7) is 15.2. The van der Waals surface area contributed by atoms with Crippen LogP contribution in [-0.2, 0) is 14.3 Å². The van der Waals surface area contributed by atoms with Crippen LogP contribution >= 0.6 is 0 Å². The van der Waals surface area contributed by atoms with Crippen molar-refractivity contribution in [1.82, 2.24) is 10.2 Å². The third kappa shape index (κ3) is 7.83. The van der Waals surface area contributed by atoms with Crippen molar-refractivity contribution in [3.8, 4) is 0 Å². The van der Waals surface area contributed by atoms with E-state index >= 15 is 0 Å². The fraction of sp³-hybridized carbons (Fsp3) is 0.483. The Morgan fingerprint density at radius 2 is 1.58 bits per heavy atom. The van der Waals surface area contributed by atoms with Gasteiger partial charge in [0.1, 0.15) is 17.7 Å². The molecule has 0 heterocycles. The van der Waals surface area contributed by atoms with E-state index < -0.39 is 23.8 Å². The predicted octanol–water partition coefficient (Wildman–Crippen LogP) is 5.77. The van der Waals surface area contributed by atoms with Crippen molar-refractivity contribution in [3.05, 3.63) is 65.2 Å². The number of carbonyl (C=O) groups is 3. The summed E-state index contributed by atoms with van der Waals surface area (Å²) in [4.78, 5) is 41.8. The minimum Gasteiger partial charge on any atom is -0.444 e. The maximum Gasteiger partial charge on any atom is 0.408 e. The first-order chi connectivity index (χ1) is 16.9. The van der Waals surface area contributed by atoms with Crippen LogP contribution in [0.4, 0.5) is 10.5 Å². The summed E-state index contributed by atoms with van der Waals surface area (Å²) >= 11 is 0. The number of para-hydroxylation sites is 1. The van der Waals surface area contributed by atoms with Crippen molar-refractivity contribution < 1.29 is 19.1 Å². The van der Waals surface area contributed by atoms with Crippen LogP contribution < -0.4 is 10.6 Å². The molecule has 0 saturated heterocycles. The fourth-order valence-corrected chi connectivity index (χ4v) is 3.90. The molecule has 0 spiro atoms. The lowest BCUT2D eigenvalue weighted by atomic mass is 9.95. The minimum absolute atomic E-state index is 0.169. The lowest BCUT2D eigenvalue weighted by molar-refractivity contribution is -0.141. The largest absolute Gasteiger partial charge is 0.444 e. The van der Waals surface area contributed by atoms with Crippen molar-refractivity contribution in [2.24, 2.45) is 5.92 Å². The molecular weight excluding hydrogens is 454 g/mol. The molecule has 0 fully saturated rings. The van der Waals surface area contributed by atoms with E-state index in [9.17, 15) is 14.4 Å². The lowest BCUT2D eigenvalue weighted by Crippen LogP contribution is -2.54. The molecule has 3 unspecified atom stereocenters. The van der Waals surface area contributed by atoms with E-state index in [-0.39, 0.29) is 24.3 Å². The molecule has 196 valence electrons. The Balaban J connectivity index is 2.46. The van der Waals surface area contributed by atoms with Crippen LogP contribution in [0.3, 0.4) is 0 Å². The van der Waals surface area contributed by atoms with Gasteiger partial charge in [-0.3, -0.25) is 9.59 Å². The van der Waals surface area contributed by atoms with Gasteiger partial charge in [0.05, 0.1) is 0 Å². The highest BCUT2D eigenvalue weighted by Crippen LogP contribution is 2.27. The summed E-state index contributed by atoms with van der Waals surface area (Å²) in [6.07, 6.45) is 0.00223. The van der Waals surface area contributed by atoms with Gasteiger partial charge in [-0.15, -0.1) is 0 Å². The molecule has 0 aliphatic heterocycles. The first-order valence-corrected chi connectivity index (χ1v) is 12.6. The van der Waals surface area contributed by atoms with Crippen LogP contribution in [0.5, 0.6) is 0 Å². The van der Waals surface area contributed by atoms with Gasteiger partial charge in [-0.25, -0.2) is 4.79 Å². The van der Waals surface area contributed by atoms with Crippen LogP contribution in [0, 0.1) is 19.8 Å². The number of hydrogen-bond acceptors (Lipinski definition) is 4. The van der Waals surface area contributed by atoms with Crippen molar-refractivity contribution >= 4 is 23.6 Å². The van der Waals surface area contributed by atoms with Gasteiger partial charge in [0.25, 0.3) is 5.91 Å². The fourth-order valence-electron chi connectivity index (χ4n) is 3.90. The van der Waals surface area contributed by atoms with E-state index in [4.69, 9.17) is 4.74 Å². The van der Waals surface area contributed by atoms with E-state index in [1.165, 1.54) is 4.90 Å². The van der Waals surface area contributed by atoms with E-state index in [0.29, 0.717) is 17.7 Å². The zero-order chi connectivity index (χ0) is 27.0. The molecule has 2 rings (SSSR count). The second-order valence-electron chi connectivity index (χ2n) is 10.3. The van der Waals surface area contributed by atoms with Crippen molar-refractivity contribution in [3.63, 3.8) is 0 Å². The molecule has 0 aromatic heterocycles. The summed E-state index contributed by atoms with van der Waals surface area (Å²) in [5.41, 5.74) is 2.66. The molecule has 7 nitrogen and oxygen atoms in total. The number of aryl methyl sites for hydroxylation is 2. The highest BCUT2D eigenvalue weighted by atomic mass is 16.6. The van der Waals surface area contributed by atoms with E-state index in [1.807, 2.05) is 83.1 Å². The number of hydrogen-bond donors (Lipinski definition) is 2. The number of anilines is 1. The third-order valence-electron chi connectivity index (χ3n) is 6.13. The smallest absolute Gasteiger partial charge is 0.408 e. The quantitative estimate of drug-likeness (QED) is 0.462. The zero-order valence-electron chi connectivity index (χ0n) is 22.8. The molecule has 3 atom stereocenters. The van der Waals surface area contributed by atoms with Crippen LogP contribution in [0.2, 0.25) is 0 Å². The molecule has 0 bridgehead atoms. The Bertz CT molecular complexity index is 1040. The maximum atomic E-state index is 14.0. The van der Waals surface area contributed by atoms with Crippen molar-refractivity contribution in [2.75, 3.05) is 11.9 Å². The summed E-state index contributed by atoms with van der Waals surface area (Å²) in [7, 11) is 0. The number of ether oxygens (including phenoxy) is 1. The number of rotatable bonds is 9. The van der Waals surface area contributed by atoms with Crippen LogP contribution in [-0.4, -0.2) is 41.0 Å². The number of amides is 3. The molecular formula is C29H41N3O4. The van der Waals surface area contributed by atoms with Crippen LogP contribution in [0.1, 0.15) is 70.7 Å². The van der Waals surface area contributed by atoms with Crippen molar-refractivity contribution in [1.29, 1.82) is 0 Å². The van der Waals surface area contributed by atoms with Crippen molar-refractivity contribution in [2.45, 2.75) is 79.5 Å². The second-order valence-corrected chi connectivity index (χ2v) is 10.3. The molecule has 2 N–H and O–H groups in total. The zero-order valence-corrected chi connectivity index (χ0v) is 22.8. The highest BCUT2D eigenvalue weighted by Gasteiger charge is 2.37. The number of nitrogens with one attached hydrogen (secondary N) is 2. The number of nitrogens with zero attached hydrogens (tertiary/aromatic N) is 1. The predicted molar refractivity (Wildman–Crippen MR) is 144 cm³/mol. The highest BCUT2D eigenvalue weighted by molar-refractivity contribution is 5.99. The number of benzene rings is 2. The topological polar surface area (TPSA) is 87.7 Å². The van der Waals surface area contributed by atoms with Gasteiger partial charge in [0.15, 0.2) is 0 Å². The van der Waals surface area contributed by atoms with Gasteiger partial charge in [0, 0.05) is 12.2 Å².